The summed E-state index contributed by atoms with van der Waals surface area (Å²) >= 11 is 0. The molecule has 0 fully saturated rings. The number of nitrogens with one attached hydrogen (secondary N) is 11. The van der Waals surface area contributed by atoms with Crippen LogP contribution in [0, 0.1) is 0 Å². The number of likely N-dealkylation sites (N-methyl/N-ethyl adjacent to an activating group) is 2. The lowest BCUT2D eigenvalue weighted by atomic mass is 9.98. The van der Waals surface area contributed by atoms with E-state index in [-0.39, 0.29) is 153 Å². The first-order chi connectivity index (χ1) is 45.4. The van der Waals surface area contributed by atoms with E-state index in [1.54, 1.807) is 27.9 Å². The number of hydrogen-bond donors (Lipinski definition) is 15. The van der Waals surface area contributed by atoms with E-state index in [1.165, 1.54) is 0 Å². The zero-order chi connectivity index (χ0) is 73.9. The number of nitrogens with zero attached hydrogens (tertiary/aromatic N) is 2. The molecule has 0 spiro atoms. The molecule has 0 radical (unpaired) electrons. The third-order valence-electron chi connectivity index (χ3n) is 13.8. The summed E-state index contributed by atoms with van der Waals surface area (Å²) in [4.78, 5) is 111. The fourth-order valence-electron chi connectivity index (χ4n) is 7.73. The van der Waals surface area contributed by atoms with E-state index in [9.17, 15) is 53.6 Å². The maximum atomic E-state index is 13.4. The van der Waals surface area contributed by atoms with E-state index in [0.717, 1.165) is 6.42 Å². The lowest BCUT2D eigenvalue weighted by molar-refractivity contribution is -0.129. The predicted octanol–water partition coefficient (Wildman–Crippen LogP) is -0.732. The van der Waals surface area contributed by atoms with Gasteiger partial charge >= 0.3 is 0 Å². The molecule has 17 N–H and O–H groups in total. The van der Waals surface area contributed by atoms with E-state index >= 15 is 0 Å². The normalized spacial score (nSPS) is 13.6. The van der Waals surface area contributed by atoms with Gasteiger partial charge in [-0.05, 0) is 126 Å². The van der Waals surface area contributed by atoms with Gasteiger partial charge in [0, 0.05) is 86.3 Å². The number of carbonyl (C=O) groups is 9. The van der Waals surface area contributed by atoms with Crippen molar-refractivity contribution in [3.8, 4) is 0 Å². The second-order valence-electron chi connectivity index (χ2n) is 21.5. The second-order valence-corrected chi connectivity index (χ2v) is 21.5. The van der Waals surface area contributed by atoms with Crippen molar-refractivity contribution >= 4 is 64.6 Å². The number of amides is 9. The van der Waals surface area contributed by atoms with E-state index in [1.807, 2.05) is 27.7 Å². The number of ether oxygens (including phenoxy) is 4. The van der Waals surface area contributed by atoms with E-state index in [0.29, 0.717) is 82.4 Å². The Morgan fingerprint density at radius 1 is 0.459 bits per heavy atom. The SMILES string of the molecule is CN[C@@H](CCCCNC(=O)COCCOCCNC(=O)COCCOCCNC(=O)CCCC(=O)NCCCC[C@H](NC(=O)CCCC(=O)NC(CNC(C)(C)/C(C)=N/O)CNC(C)(C)/C(C)=N/O)C(=O)NCCCC[C@H](NC)C(N)=O)C(N)=O.[2H][2H].[2H][2H].[2H][2H].[2H][2H].[2H][2H]. The Morgan fingerprint density at radius 2 is 0.812 bits per heavy atom. The van der Waals surface area contributed by atoms with Crippen LogP contribution >= 0.6 is 0 Å². The summed E-state index contributed by atoms with van der Waals surface area (Å²) in [5.41, 5.74) is 10.2. The van der Waals surface area contributed by atoms with Crippen LogP contribution in [-0.2, 0) is 62.1 Å². The molecule has 0 aliphatic carbocycles. The fraction of sp³-hybridized carbons (Fsp3) is 0.800. The van der Waals surface area contributed by atoms with Crippen molar-refractivity contribution in [3.63, 3.8) is 0 Å². The van der Waals surface area contributed by atoms with Crippen molar-refractivity contribution in [3.05, 3.63) is 0 Å². The van der Waals surface area contributed by atoms with Crippen LogP contribution in [0.25, 0.3) is 0 Å². The standard InChI is InChI=1S/C55H105N15O15.5H2/c1-39(69-80)54(3,4)65-35-41(36-66-55(5,6)40(2)70-81)67-47(73)22-16-23-48(74)68-44(53(79)64-26-14-10-18-43(59-8)52(57)78)19-11-13-24-60-45(71)20-15-21-46(72)62-27-29-82-31-34-85-38-50(76)63-28-30-83-32-33-84-37-49(75)61-25-12-9-17-42(58-7)51(56)77;;;;;/h41-44,58-59,65-66,80-81H,9-38H2,1-8H3,(H2,56,77)(H2,57,78)(H,60,71)(H,61,75)(H,62,72)(H,63,76)(H,64,79)(H,67,73)(H,68,74);5*1H/b69-39+,70-40+;;;;;/t42-,43-,44-;;;;;/m0...../s1/i;5*1+1D. The van der Waals surface area contributed by atoms with Crippen LogP contribution in [-0.4, -0.2) is 223 Å². The monoisotopic (exact) mass is 1240 g/mol. The molecule has 3 atom stereocenters. The fourth-order valence-corrected chi connectivity index (χ4v) is 7.73. The van der Waals surface area contributed by atoms with Gasteiger partial charge in [0.2, 0.25) is 53.2 Å². The molecule has 30 nitrogen and oxygen atoms in total. The maximum Gasteiger partial charge on any atom is 0.246 e. The summed E-state index contributed by atoms with van der Waals surface area (Å²) in [6, 6.07) is -2.22. The minimum atomic E-state index is -0.890. The van der Waals surface area contributed by atoms with Crippen molar-refractivity contribution in [1.82, 2.24) is 58.5 Å². The van der Waals surface area contributed by atoms with Gasteiger partial charge in [-0.1, -0.05) is 10.3 Å². The quantitative estimate of drug-likeness (QED) is 0.0154. The lowest BCUT2D eigenvalue weighted by Gasteiger charge is -2.32. The average molecular weight is 1240 g/mol. The summed E-state index contributed by atoms with van der Waals surface area (Å²) in [5, 5.41) is 57.2. The largest absolute Gasteiger partial charge is 0.411 e. The summed E-state index contributed by atoms with van der Waals surface area (Å²) in [5.74, 6) is -3.06. The van der Waals surface area contributed by atoms with Gasteiger partial charge < -0.3 is 99.3 Å². The van der Waals surface area contributed by atoms with Crippen LogP contribution in [0.4, 0.5) is 0 Å². The minimum Gasteiger partial charge on any atom is -0.411 e. The molecular formula is C55H115N15O15. The zero-order valence-corrected chi connectivity index (χ0v) is 51.8. The Kier molecular flexibility index (Phi) is 39.3. The highest BCUT2D eigenvalue weighted by atomic mass is 16.5. The lowest BCUT2D eigenvalue weighted by Crippen LogP contribution is -2.57. The second kappa shape index (κ2) is 48.0. The molecule has 30 heteroatoms. The molecule has 0 aliphatic heterocycles. The van der Waals surface area contributed by atoms with Crippen molar-refractivity contribution in [1.29, 1.82) is 0 Å². The number of hydrogen-bond acceptors (Lipinski definition) is 21. The molecule has 0 aromatic carbocycles. The molecule has 9 amide bonds. The molecule has 0 heterocycles. The Labute approximate surface area is 517 Å². The van der Waals surface area contributed by atoms with Crippen molar-refractivity contribution in [2.75, 3.05) is 113 Å². The molecule has 0 aromatic rings. The number of unbranched alkanes of at least 4 members (excludes halogenated alkanes) is 3. The molecule has 0 rings (SSSR count). The van der Waals surface area contributed by atoms with Gasteiger partial charge in [0.15, 0.2) is 0 Å². The van der Waals surface area contributed by atoms with Crippen LogP contribution in [0.15, 0.2) is 10.3 Å². The van der Waals surface area contributed by atoms with Gasteiger partial charge in [0.25, 0.3) is 0 Å². The number of nitrogens with two attached hydrogens (primary N) is 2. The summed E-state index contributed by atoms with van der Waals surface area (Å²) in [6.07, 6.45) is 5.68. The first-order valence-corrected chi connectivity index (χ1v) is 29.5. The number of rotatable bonds is 54. The third-order valence-corrected chi connectivity index (χ3v) is 13.8. The highest BCUT2D eigenvalue weighted by Gasteiger charge is 2.28. The zero-order valence-electron chi connectivity index (χ0n) is 61.8. The number of primary amides is 2. The van der Waals surface area contributed by atoms with Gasteiger partial charge in [-0.3, -0.25) is 43.2 Å². The molecule has 0 saturated carbocycles. The number of carbonyl (C=O) groups excluding carboxylic acids is 9. The van der Waals surface area contributed by atoms with Crippen LogP contribution in [0.3, 0.4) is 0 Å². The Hall–Kier alpha value is -6.15. The summed E-state index contributed by atoms with van der Waals surface area (Å²) < 4.78 is 71.4. The van der Waals surface area contributed by atoms with E-state index < -0.39 is 52.8 Å². The van der Waals surface area contributed by atoms with Gasteiger partial charge in [0.05, 0.1) is 80.3 Å². The summed E-state index contributed by atoms with van der Waals surface area (Å²) in [7, 11) is 3.31. The molecule has 0 aliphatic rings. The molecule has 85 heavy (non-hydrogen) atoms. The number of oxime groups is 2. The smallest absolute Gasteiger partial charge is 0.246 e. The Morgan fingerprint density at radius 3 is 1.22 bits per heavy atom. The van der Waals surface area contributed by atoms with Crippen LogP contribution in [0.1, 0.15) is 153 Å². The minimum absolute atomic E-state index is 0.0129. The highest BCUT2D eigenvalue weighted by Crippen LogP contribution is 2.10. The molecule has 0 bridgehead atoms. The van der Waals surface area contributed by atoms with E-state index in [4.69, 9.17) is 45.3 Å². The summed E-state index contributed by atoms with van der Waals surface area (Å²) in [6.45, 7) is 13.8. The third kappa shape index (κ3) is 41.5. The van der Waals surface area contributed by atoms with Crippen molar-refractivity contribution in [2.24, 2.45) is 21.8 Å². The van der Waals surface area contributed by atoms with Gasteiger partial charge in [-0.15, -0.1) is 0 Å². The molecule has 0 aromatic heterocycles. The van der Waals surface area contributed by atoms with Gasteiger partial charge in [0.1, 0.15) is 19.3 Å². The van der Waals surface area contributed by atoms with Crippen molar-refractivity contribution < 1.29 is 87.4 Å². The first kappa shape index (κ1) is 69.6. The average Bonchev–Trinajstić information content (AvgIpc) is 0.948. The predicted molar refractivity (Wildman–Crippen MR) is 330 cm³/mol. The molecule has 500 valence electrons. The molecular weight excluding hydrogens is 1110 g/mol. The first-order valence-electron chi connectivity index (χ1n) is 34.5. The van der Waals surface area contributed by atoms with Crippen LogP contribution < -0.4 is 70.0 Å². The van der Waals surface area contributed by atoms with Crippen LogP contribution in [0.5, 0.6) is 0 Å². The van der Waals surface area contributed by atoms with Gasteiger partial charge in [-0.25, -0.2) is 0 Å². The topological polar surface area (TPSA) is 440 Å². The van der Waals surface area contributed by atoms with Crippen LogP contribution in [0.2, 0.25) is 0 Å². The van der Waals surface area contributed by atoms with Crippen molar-refractivity contribution in [2.45, 2.75) is 173 Å². The highest BCUT2D eigenvalue weighted by molar-refractivity contribution is 5.91. The Balaban J connectivity index is -0.00000188. The molecule has 0 unspecified atom stereocenters. The maximum absolute atomic E-state index is 13.4. The Bertz CT molecular complexity index is 2040. The van der Waals surface area contributed by atoms with E-state index in [2.05, 4.69) is 68.8 Å². The molecule has 0 saturated heterocycles. The van der Waals surface area contributed by atoms with Gasteiger partial charge in [-0.2, -0.15) is 0 Å².